The molecule has 0 bridgehead atoms. The molecule has 0 spiro atoms. The first-order valence-electron chi connectivity index (χ1n) is 8.50. The van der Waals surface area contributed by atoms with Crippen LogP contribution in [0.1, 0.15) is 56.3 Å². The summed E-state index contributed by atoms with van der Waals surface area (Å²) in [6, 6.07) is 20.4. The van der Waals surface area contributed by atoms with Crippen molar-refractivity contribution in [1.29, 1.82) is 0 Å². The summed E-state index contributed by atoms with van der Waals surface area (Å²) in [7, 11) is -2.37. The monoisotopic (exact) mass is 346 g/mol. The summed E-state index contributed by atoms with van der Waals surface area (Å²) in [5.74, 6) is 1.06. The second-order valence-electron chi connectivity index (χ2n) is 6.57. The smallest absolute Gasteiger partial charge is 0.327 e. The highest BCUT2D eigenvalue weighted by Crippen LogP contribution is 2.39. The van der Waals surface area contributed by atoms with Crippen LogP contribution in [0.2, 0.25) is 0 Å². The molecule has 2 rings (SSSR count). The van der Waals surface area contributed by atoms with E-state index in [1.807, 2.05) is 36.4 Å². The van der Waals surface area contributed by atoms with Gasteiger partial charge >= 0.3 is 8.60 Å². The van der Waals surface area contributed by atoms with Crippen molar-refractivity contribution in [3.05, 3.63) is 71.8 Å². The van der Waals surface area contributed by atoms with Gasteiger partial charge in [0, 0.05) is 0 Å². The van der Waals surface area contributed by atoms with Gasteiger partial charge in [0.2, 0.25) is 0 Å². The average molecular weight is 346 g/mol. The molecule has 2 atom stereocenters. The molecule has 0 aliphatic heterocycles. The number of hydrogen-bond acceptors (Lipinski definition) is 3. The van der Waals surface area contributed by atoms with Crippen molar-refractivity contribution in [2.24, 2.45) is 5.92 Å². The average Bonchev–Trinajstić information content (AvgIpc) is 2.58. The molecule has 2 unspecified atom stereocenters. The van der Waals surface area contributed by atoms with Crippen LogP contribution in [0.3, 0.4) is 0 Å². The molecule has 2 aromatic carbocycles. The van der Waals surface area contributed by atoms with Crippen molar-refractivity contribution < 1.29 is 14.3 Å². The third kappa shape index (κ3) is 6.33. The summed E-state index contributed by atoms with van der Waals surface area (Å²) >= 11 is 0. The summed E-state index contributed by atoms with van der Waals surface area (Å²) in [5.41, 5.74) is 2.33. The molecule has 0 radical (unpaired) electrons. The minimum Gasteiger partial charge on any atom is -0.328 e. The lowest BCUT2D eigenvalue weighted by Gasteiger charge is -2.23. The second kappa shape index (κ2) is 9.90. The Bertz CT molecular complexity index is 518. The van der Waals surface area contributed by atoms with Crippen LogP contribution in [-0.2, 0) is 4.52 Å². The Morgan fingerprint density at radius 3 is 1.88 bits per heavy atom. The standard InChI is InChI=1S/C20H27O3P/c1-16(2)15-19(17-9-5-3-6-10-17)13-14-20(23-24(21)22)18-11-7-4-8-12-18/h3-12,16,19-22H,13-15H2,1-2H3. The molecule has 0 saturated carbocycles. The zero-order valence-corrected chi connectivity index (χ0v) is 15.3. The Morgan fingerprint density at radius 2 is 1.38 bits per heavy atom. The van der Waals surface area contributed by atoms with Crippen LogP contribution < -0.4 is 0 Å². The Morgan fingerprint density at radius 1 is 0.833 bits per heavy atom. The third-order valence-corrected chi connectivity index (χ3v) is 4.64. The molecule has 24 heavy (non-hydrogen) atoms. The summed E-state index contributed by atoms with van der Waals surface area (Å²) in [5, 5.41) is 0. The lowest BCUT2D eigenvalue weighted by molar-refractivity contribution is 0.158. The predicted octanol–water partition coefficient (Wildman–Crippen LogP) is 5.57. The highest BCUT2D eigenvalue weighted by molar-refractivity contribution is 7.39. The SMILES string of the molecule is CC(C)CC(CCC(OP(O)O)c1ccccc1)c1ccccc1. The summed E-state index contributed by atoms with van der Waals surface area (Å²) in [6.07, 6.45) is 2.53. The first-order chi connectivity index (χ1) is 11.6. The predicted molar refractivity (Wildman–Crippen MR) is 99.5 cm³/mol. The lowest BCUT2D eigenvalue weighted by atomic mass is 9.85. The minimum absolute atomic E-state index is 0.286. The van der Waals surface area contributed by atoms with Gasteiger partial charge in [-0.1, -0.05) is 74.5 Å². The molecule has 0 saturated heterocycles. The van der Waals surface area contributed by atoms with Crippen molar-refractivity contribution in [3.63, 3.8) is 0 Å². The molecule has 0 aromatic heterocycles. The van der Waals surface area contributed by atoms with E-state index in [0.717, 1.165) is 24.8 Å². The van der Waals surface area contributed by atoms with Crippen LogP contribution in [-0.4, -0.2) is 9.79 Å². The van der Waals surface area contributed by atoms with E-state index >= 15 is 0 Å². The first-order valence-corrected chi connectivity index (χ1v) is 9.67. The number of hydrogen-bond donors (Lipinski definition) is 2. The van der Waals surface area contributed by atoms with E-state index in [4.69, 9.17) is 4.52 Å². The molecule has 0 fully saturated rings. The van der Waals surface area contributed by atoms with E-state index in [2.05, 4.69) is 38.1 Å². The summed E-state index contributed by atoms with van der Waals surface area (Å²) in [6.45, 7) is 4.48. The fourth-order valence-corrected chi connectivity index (χ4v) is 3.58. The molecule has 130 valence electrons. The van der Waals surface area contributed by atoms with Crippen molar-refractivity contribution in [2.75, 3.05) is 0 Å². The van der Waals surface area contributed by atoms with E-state index in [1.165, 1.54) is 5.56 Å². The maximum atomic E-state index is 9.31. The fraction of sp³-hybridized carbons (Fsp3) is 0.400. The van der Waals surface area contributed by atoms with Crippen LogP contribution in [0, 0.1) is 5.92 Å². The fourth-order valence-electron chi connectivity index (χ4n) is 3.13. The summed E-state index contributed by atoms with van der Waals surface area (Å²) in [4.78, 5) is 18.6. The molecule has 2 aromatic rings. The molecule has 0 heterocycles. The van der Waals surface area contributed by atoms with E-state index < -0.39 is 8.60 Å². The van der Waals surface area contributed by atoms with Gasteiger partial charge in [-0.05, 0) is 42.2 Å². The van der Waals surface area contributed by atoms with E-state index in [-0.39, 0.29) is 6.10 Å². The highest BCUT2D eigenvalue weighted by Gasteiger charge is 2.20. The van der Waals surface area contributed by atoms with Gasteiger partial charge in [0.1, 0.15) is 0 Å². The van der Waals surface area contributed by atoms with Crippen LogP contribution in [0.5, 0.6) is 0 Å². The van der Waals surface area contributed by atoms with E-state index in [1.54, 1.807) is 0 Å². The Labute approximate surface area is 146 Å². The Balaban J connectivity index is 2.09. The molecule has 0 amide bonds. The zero-order chi connectivity index (χ0) is 17.4. The maximum Gasteiger partial charge on any atom is 0.327 e. The second-order valence-corrected chi connectivity index (χ2v) is 7.29. The highest BCUT2D eigenvalue weighted by atomic mass is 31.2. The Hall–Kier alpha value is -1.25. The molecule has 0 aliphatic rings. The van der Waals surface area contributed by atoms with Crippen molar-refractivity contribution in [3.8, 4) is 0 Å². The Kier molecular flexibility index (Phi) is 7.87. The zero-order valence-electron chi connectivity index (χ0n) is 14.4. The van der Waals surface area contributed by atoms with Gasteiger partial charge in [0.15, 0.2) is 0 Å². The van der Waals surface area contributed by atoms with Crippen molar-refractivity contribution >= 4 is 8.60 Å². The number of rotatable bonds is 9. The van der Waals surface area contributed by atoms with Gasteiger partial charge in [-0.25, -0.2) is 0 Å². The van der Waals surface area contributed by atoms with Gasteiger partial charge < -0.3 is 14.3 Å². The first kappa shape index (κ1) is 19.1. The van der Waals surface area contributed by atoms with Gasteiger partial charge in [-0.15, -0.1) is 0 Å². The summed E-state index contributed by atoms with van der Waals surface area (Å²) < 4.78 is 5.40. The molecule has 0 aliphatic carbocycles. The quantitative estimate of drug-likeness (QED) is 0.584. The van der Waals surface area contributed by atoms with Crippen LogP contribution in [0.25, 0.3) is 0 Å². The van der Waals surface area contributed by atoms with Gasteiger partial charge in [-0.3, -0.25) is 0 Å². The lowest BCUT2D eigenvalue weighted by Crippen LogP contribution is -2.08. The molecule has 2 N–H and O–H groups in total. The maximum absolute atomic E-state index is 9.31. The largest absolute Gasteiger partial charge is 0.328 e. The molecule has 4 heteroatoms. The van der Waals surface area contributed by atoms with E-state index in [9.17, 15) is 9.79 Å². The van der Waals surface area contributed by atoms with Gasteiger partial charge in [-0.2, -0.15) is 0 Å². The normalized spacial score (nSPS) is 14.1. The van der Waals surface area contributed by atoms with Crippen molar-refractivity contribution in [2.45, 2.75) is 45.1 Å². The topological polar surface area (TPSA) is 49.7 Å². The third-order valence-electron chi connectivity index (χ3n) is 4.20. The number of benzene rings is 2. The van der Waals surface area contributed by atoms with Crippen LogP contribution in [0.4, 0.5) is 0 Å². The molecular formula is C20H27O3P. The molecular weight excluding hydrogens is 319 g/mol. The van der Waals surface area contributed by atoms with Gasteiger partial charge in [0.25, 0.3) is 0 Å². The van der Waals surface area contributed by atoms with Crippen LogP contribution >= 0.6 is 8.60 Å². The van der Waals surface area contributed by atoms with Crippen molar-refractivity contribution in [1.82, 2.24) is 0 Å². The minimum atomic E-state index is -2.37. The molecule has 3 nitrogen and oxygen atoms in total. The van der Waals surface area contributed by atoms with Crippen LogP contribution in [0.15, 0.2) is 60.7 Å². The van der Waals surface area contributed by atoms with E-state index in [0.29, 0.717) is 11.8 Å². The van der Waals surface area contributed by atoms with Gasteiger partial charge in [0.05, 0.1) is 6.10 Å².